The average Bonchev–Trinajstić information content (AvgIpc) is 2.95. The molecule has 0 spiro atoms. The van der Waals surface area contributed by atoms with Crippen LogP contribution in [0.2, 0.25) is 0 Å². The van der Waals surface area contributed by atoms with E-state index in [9.17, 15) is 4.79 Å². The zero-order chi connectivity index (χ0) is 14.4. The van der Waals surface area contributed by atoms with Crippen molar-refractivity contribution in [2.75, 3.05) is 25.0 Å². The summed E-state index contributed by atoms with van der Waals surface area (Å²) in [5.74, 6) is -0.0706. The van der Waals surface area contributed by atoms with E-state index in [0.29, 0.717) is 6.54 Å². The lowest BCUT2D eigenvalue weighted by molar-refractivity contribution is -0.119. The third-order valence-corrected chi connectivity index (χ3v) is 4.02. The minimum absolute atomic E-state index is 0.0314. The topological polar surface area (TPSA) is 58.4 Å². The molecule has 1 aromatic carbocycles. The third-order valence-electron chi connectivity index (χ3n) is 4.02. The van der Waals surface area contributed by atoms with E-state index in [1.165, 1.54) is 18.4 Å². The summed E-state index contributed by atoms with van der Waals surface area (Å²) in [6.07, 6.45) is 3.33. The molecule has 0 bridgehead atoms. The number of benzene rings is 1. The van der Waals surface area contributed by atoms with Crippen molar-refractivity contribution in [1.82, 2.24) is 4.90 Å². The van der Waals surface area contributed by atoms with Gasteiger partial charge in [-0.25, -0.2) is 0 Å². The minimum Gasteiger partial charge on any atom is -0.330 e. The van der Waals surface area contributed by atoms with Gasteiger partial charge in [-0.1, -0.05) is 25.1 Å². The van der Waals surface area contributed by atoms with E-state index in [0.717, 1.165) is 31.7 Å². The van der Waals surface area contributed by atoms with Crippen molar-refractivity contribution >= 4 is 11.6 Å². The molecule has 0 radical (unpaired) electrons. The third kappa shape index (κ3) is 3.81. The Bertz CT molecular complexity index is 437. The number of nitrogens with two attached hydrogens (primary N) is 1. The van der Waals surface area contributed by atoms with Crippen molar-refractivity contribution in [3.63, 3.8) is 0 Å². The van der Waals surface area contributed by atoms with E-state index in [1.807, 2.05) is 25.1 Å². The first kappa shape index (κ1) is 15.0. The van der Waals surface area contributed by atoms with Crippen LogP contribution in [-0.4, -0.2) is 30.4 Å². The molecule has 0 aromatic heterocycles. The molecule has 4 nitrogen and oxygen atoms in total. The van der Waals surface area contributed by atoms with Gasteiger partial charge in [0.25, 0.3) is 0 Å². The van der Waals surface area contributed by atoms with Gasteiger partial charge >= 0.3 is 0 Å². The number of carbonyl (C=O) groups is 1. The molecule has 2 rings (SSSR count). The van der Waals surface area contributed by atoms with Crippen LogP contribution in [0.3, 0.4) is 0 Å². The zero-order valence-corrected chi connectivity index (χ0v) is 12.3. The number of amides is 1. The molecule has 1 unspecified atom stereocenters. The first-order chi connectivity index (χ1) is 9.74. The Balaban J connectivity index is 2.05. The lowest BCUT2D eigenvalue weighted by Gasteiger charge is -2.19. The number of hydrogen-bond acceptors (Lipinski definition) is 3. The Hall–Kier alpha value is -1.39. The number of carbonyl (C=O) groups excluding carboxylic acids is 1. The normalized spacial score (nSPS) is 17.1. The molecule has 20 heavy (non-hydrogen) atoms. The van der Waals surface area contributed by atoms with Crippen molar-refractivity contribution in [3.05, 3.63) is 29.8 Å². The fourth-order valence-electron chi connectivity index (χ4n) is 2.66. The largest absolute Gasteiger partial charge is 0.330 e. The highest BCUT2D eigenvalue weighted by Crippen LogP contribution is 2.20. The molecule has 1 atom stereocenters. The second-order valence-electron chi connectivity index (χ2n) is 5.47. The standard InChI is InChI=1S/C16H25N3O/c1-2-13(11-17)16(20)18-15-8-4-3-7-14(15)12-19-9-5-6-10-19/h3-4,7-8,13H,2,5-6,9-12,17H2,1H3,(H,18,20). The number of nitrogens with one attached hydrogen (secondary N) is 1. The lowest BCUT2D eigenvalue weighted by atomic mass is 10.1. The van der Waals surface area contributed by atoms with E-state index in [1.54, 1.807) is 0 Å². The van der Waals surface area contributed by atoms with Gasteiger partial charge < -0.3 is 11.1 Å². The van der Waals surface area contributed by atoms with E-state index in [4.69, 9.17) is 5.73 Å². The number of nitrogens with zero attached hydrogens (tertiary/aromatic N) is 1. The van der Waals surface area contributed by atoms with Crippen LogP contribution in [0, 0.1) is 5.92 Å². The molecule has 0 saturated carbocycles. The number of anilines is 1. The Morgan fingerprint density at radius 3 is 2.70 bits per heavy atom. The zero-order valence-electron chi connectivity index (χ0n) is 12.3. The molecule has 1 aliphatic rings. The fourth-order valence-corrected chi connectivity index (χ4v) is 2.66. The number of rotatable bonds is 6. The Morgan fingerprint density at radius 2 is 2.05 bits per heavy atom. The van der Waals surface area contributed by atoms with Gasteiger partial charge in [-0.2, -0.15) is 0 Å². The highest BCUT2D eigenvalue weighted by molar-refractivity contribution is 5.93. The summed E-state index contributed by atoms with van der Waals surface area (Å²) in [7, 11) is 0. The van der Waals surface area contributed by atoms with E-state index in [-0.39, 0.29) is 11.8 Å². The van der Waals surface area contributed by atoms with Crippen LogP contribution in [0.15, 0.2) is 24.3 Å². The number of hydrogen-bond donors (Lipinski definition) is 2. The maximum Gasteiger partial charge on any atom is 0.228 e. The summed E-state index contributed by atoms with van der Waals surface area (Å²) >= 11 is 0. The second kappa shape index (κ2) is 7.41. The molecule has 1 amide bonds. The molecule has 3 N–H and O–H groups in total. The van der Waals surface area contributed by atoms with Crippen LogP contribution in [0.4, 0.5) is 5.69 Å². The summed E-state index contributed by atoms with van der Waals surface area (Å²) in [6.45, 7) is 5.62. The van der Waals surface area contributed by atoms with Crippen LogP contribution >= 0.6 is 0 Å². The molecule has 110 valence electrons. The molecule has 1 aliphatic heterocycles. The van der Waals surface area contributed by atoms with Crippen molar-refractivity contribution in [2.45, 2.75) is 32.7 Å². The number of likely N-dealkylation sites (tertiary alicyclic amines) is 1. The molecular weight excluding hydrogens is 250 g/mol. The Morgan fingerprint density at radius 1 is 1.35 bits per heavy atom. The van der Waals surface area contributed by atoms with E-state index < -0.39 is 0 Å². The van der Waals surface area contributed by atoms with Crippen LogP contribution in [0.1, 0.15) is 31.7 Å². The molecule has 1 aromatic rings. The van der Waals surface area contributed by atoms with Crippen molar-refractivity contribution in [1.29, 1.82) is 0 Å². The van der Waals surface area contributed by atoms with Crippen molar-refractivity contribution in [2.24, 2.45) is 11.7 Å². The van der Waals surface area contributed by atoms with E-state index >= 15 is 0 Å². The van der Waals surface area contributed by atoms with Gasteiger partial charge in [0.15, 0.2) is 0 Å². The molecule has 4 heteroatoms. The van der Waals surface area contributed by atoms with Crippen LogP contribution in [0.5, 0.6) is 0 Å². The van der Waals surface area contributed by atoms with Gasteiger partial charge in [0.05, 0.1) is 5.92 Å². The summed E-state index contributed by atoms with van der Waals surface area (Å²) < 4.78 is 0. The second-order valence-corrected chi connectivity index (χ2v) is 5.47. The Labute approximate surface area is 121 Å². The highest BCUT2D eigenvalue weighted by Gasteiger charge is 2.17. The van der Waals surface area contributed by atoms with Crippen LogP contribution < -0.4 is 11.1 Å². The fraction of sp³-hybridized carbons (Fsp3) is 0.562. The minimum atomic E-state index is -0.102. The smallest absolute Gasteiger partial charge is 0.228 e. The quantitative estimate of drug-likeness (QED) is 0.837. The van der Waals surface area contributed by atoms with Gasteiger partial charge in [0.1, 0.15) is 0 Å². The molecular formula is C16H25N3O. The van der Waals surface area contributed by atoms with Gasteiger partial charge in [0, 0.05) is 18.8 Å². The SMILES string of the molecule is CCC(CN)C(=O)Nc1ccccc1CN1CCCC1. The lowest BCUT2D eigenvalue weighted by Crippen LogP contribution is -2.29. The summed E-state index contributed by atoms with van der Waals surface area (Å²) in [6, 6.07) is 8.07. The predicted octanol–water partition coefficient (Wildman–Crippen LogP) is 2.21. The van der Waals surface area contributed by atoms with Gasteiger partial charge in [-0.15, -0.1) is 0 Å². The first-order valence-corrected chi connectivity index (χ1v) is 7.55. The Kier molecular flexibility index (Phi) is 5.56. The average molecular weight is 275 g/mol. The maximum atomic E-state index is 12.2. The first-order valence-electron chi connectivity index (χ1n) is 7.55. The van der Waals surface area contributed by atoms with Crippen LogP contribution in [-0.2, 0) is 11.3 Å². The predicted molar refractivity (Wildman–Crippen MR) is 82.4 cm³/mol. The van der Waals surface area contributed by atoms with Gasteiger partial charge in [-0.05, 0) is 44.0 Å². The summed E-state index contributed by atoms with van der Waals surface area (Å²) in [5.41, 5.74) is 7.76. The molecule has 1 heterocycles. The van der Waals surface area contributed by atoms with Gasteiger partial charge in [-0.3, -0.25) is 9.69 Å². The van der Waals surface area contributed by atoms with Gasteiger partial charge in [0.2, 0.25) is 5.91 Å². The maximum absolute atomic E-state index is 12.2. The van der Waals surface area contributed by atoms with Crippen LogP contribution in [0.25, 0.3) is 0 Å². The molecule has 1 fully saturated rings. The summed E-state index contributed by atoms with van der Waals surface area (Å²) in [4.78, 5) is 14.6. The summed E-state index contributed by atoms with van der Waals surface area (Å²) in [5, 5.41) is 3.04. The molecule has 1 saturated heterocycles. The molecule has 0 aliphatic carbocycles. The van der Waals surface area contributed by atoms with Crippen molar-refractivity contribution < 1.29 is 4.79 Å². The van der Waals surface area contributed by atoms with E-state index in [2.05, 4.69) is 16.3 Å². The number of para-hydroxylation sites is 1. The monoisotopic (exact) mass is 275 g/mol. The van der Waals surface area contributed by atoms with Crippen molar-refractivity contribution in [3.8, 4) is 0 Å². The highest BCUT2D eigenvalue weighted by atomic mass is 16.1.